The summed E-state index contributed by atoms with van der Waals surface area (Å²) < 4.78 is 6.38. The zero-order valence-electron chi connectivity index (χ0n) is 7.47. The van der Waals surface area contributed by atoms with Crippen molar-refractivity contribution in [1.29, 1.82) is 5.26 Å². The van der Waals surface area contributed by atoms with E-state index in [0.29, 0.717) is 10.6 Å². The van der Waals surface area contributed by atoms with Crippen LogP contribution in [0.5, 0.6) is 5.75 Å². The molecule has 0 aliphatic carbocycles. The number of nitriles is 1. The van der Waals surface area contributed by atoms with Crippen LogP contribution >= 0.6 is 27.5 Å². The monoisotopic (exact) mass is 271 g/mol. The summed E-state index contributed by atoms with van der Waals surface area (Å²) in [6.45, 7) is 1.98. The normalized spacial score (nSPS) is 18.6. The topological polar surface area (TPSA) is 33.0 Å². The summed E-state index contributed by atoms with van der Waals surface area (Å²) in [7, 11) is 0. The Labute approximate surface area is 95.6 Å². The molecule has 1 aliphatic heterocycles. The molecule has 1 atom stereocenters. The van der Waals surface area contributed by atoms with Gasteiger partial charge in [0.25, 0.3) is 0 Å². The van der Waals surface area contributed by atoms with Crippen molar-refractivity contribution in [3.63, 3.8) is 0 Å². The first-order chi connectivity index (χ1) is 6.63. The highest BCUT2D eigenvalue weighted by Gasteiger charge is 2.26. The Morgan fingerprint density at radius 2 is 2.43 bits per heavy atom. The highest BCUT2D eigenvalue weighted by Crippen LogP contribution is 2.41. The number of halogens is 2. The van der Waals surface area contributed by atoms with Crippen LogP contribution in [-0.2, 0) is 6.42 Å². The number of rotatable bonds is 0. The van der Waals surface area contributed by atoms with Gasteiger partial charge in [-0.1, -0.05) is 11.6 Å². The van der Waals surface area contributed by atoms with E-state index in [2.05, 4.69) is 22.0 Å². The van der Waals surface area contributed by atoms with Gasteiger partial charge in [-0.3, -0.25) is 0 Å². The lowest BCUT2D eigenvalue weighted by molar-refractivity contribution is 0.253. The molecular weight excluding hydrogens is 265 g/mol. The van der Waals surface area contributed by atoms with Gasteiger partial charge in [-0.2, -0.15) is 5.26 Å². The van der Waals surface area contributed by atoms with Gasteiger partial charge in [0.15, 0.2) is 0 Å². The number of fused-ring (bicyclic) bond motifs is 1. The van der Waals surface area contributed by atoms with E-state index in [1.54, 1.807) is 6.07 Å². The van der Waals surface area contributed by atoms with Crippen LogP contribution in [0.2, 0.25) is 5.02 Å². The van der Waals surface area contributed by atoms with Crippen molar-refractivity contribution < 1.29 is 4.74 Å². The molecule has 1 aliphatic rings. The average molecular weight is 273 g/mol. The van der Waals surface area contributed by atoms with Gasteiger partial charge in [0.05, 0.1) is 15.1 Å². The predicted molar refractivity (Wildman–Crippen MR) is 57.7 cm³/mol. The lowest BCUT2D eigenvalue weighted by atomic mass is 10.1. The first-order valence-electron chi connectivity index (χ1n) is 4.21. The Bertz CT molecular complexity index is 439. The van der Waals surface area contributed by atoms with Gasteiger partial charge in [-0.05, 0) is 28.9 Å². The number of ether oxygens (including phenoxy) is 1. The van der Waals surface area contributed by atoms with E-state index < -0.39 is 0 Å². The van der Waals surface area contributed by atoms with E-state index >= 15 is 0 Å². The zero-order chi connectivity index (χ0) is 10.3. The summed E-state index contributed by atoms with van der Waals surface area (Å²) in [5.74, 6) is 0.779. The Morgan fingerprint density at radius 1 is 1.71 bits per heavy atom. The Balaban J connectivity index is 2.65. The van der Waals surface area contributed by atoms with Crippen LogP contribution in [0.15, 0.2) is 10.5 Å². The van der Waals surface area contributed by atoms with Gasteiger partial charge in [0.2, 0.25) is 0 Å². The predicted octanol–water partition coefficient (Wildman–Crippen LogP) is 3.30. The van der Waals surface area contributed by atoms with Crippen molar-refractivity contribution in [2.75, 3.05) is 0 Å². The highest BCUT2D eigenvalue weighted by molar-refractivity contribution is 9.10. The van der Waals surface area contributed by atoms with E-state index in [4.69, 9.17) is 21.6 Å². The number of hydrogen-bond donors (Lipinski definition) is 0. The molecule has 72 valence electrons. The Morgan fingerprint density at radius 3 is 3.07 bits per heavy atom. The summed E-state index contributed by atoms with van der Waals surface area (Å²) in [5, 5.41) is 9.37. The van der Waals surface area contributed by atoms with Crippen LogP contribution < -0.4 is 4.74 Å². The minimum absolute atomic E-state index is 0.132. The van der Waals surface area contributed by atoms with Crippen molar-refractivity contribution in [3.05, 3.63) is 26.7 Å². The third-order valence-corrected chi connectivity index (χ3v) is 3.22. The lowest BCUT2D eigenvalue weighted by Crippen LogP contribution is -2.05. The smallest absolute Gasteiger partial charge is 0.138 e. The highest BCUT2D eigenvalue weighted by atomic mass is 79.9. The maximum Gasteiger partial charge on any atom is 0.138 e. The molecule has 1 aromatic rings. The Kier molecular flexibility index (Phi) is 2.42. The molecule has 0 spiro atoms. The van der Waals surface area contributed by atoms with Crippen LogP contribution in [0.3, 0.4) is 0 Å². The molecule has 0 amide bonds. The third-order valence-electron chi connectivity index (χ3n) is 2.19. The van der Waals surface area contributed by atoms with E-state index in [9.17, 15) is 0 Å². The summed E-state index contributed by atoms with van der Waals surface area (Å²) in [6, 6.07) is 3.76. The summed E-state index contributed by atoms with van der Waals surface area (Å²) in [6.07, 6.45) is 0.898. The molecule has 0 aromatic heterocycles. The Hall–Kier alpha value is -0.720. The van der Waals surface area contributed by atoms with Crippen LogP contribution in [0.1, 0.15) is 18.1 Å². The van der Waals surface area contributed by atoms with Crippen LogP contribution in [0, 0.1) is 11.3 Å². The molecule has 0 fully saturated rings. The molecule has 0 saturated heterocycles. The fourth-order valence-corrected chi connectivity index (χ4v) is 2.40. The summed E-state index contributed by atoms with van der Waals surface area (Å²) in [5.41, 5.74) is 1.43. The molecular formula is C10H7BrClNO. The van der Waals surface area contributed by atoms with Crippen LogP contribution in [0.25, 0.3) is 0 Å². The van der Waals surface area contributed by atoms with Crippen LogP contribution in [0.4, 0.5) is 0 Å². The molecule has 1 heterocycles. The molecule has 0 N–H and O–H groups in total. The van der Waals surface area contributed by atoms with Gasteiger partial charge in [0.1, 0.15) is 17.9 Å². The third kappa shape index (κ3) is 1.39. The molecule has 1 unspecified atom stereocenters. The number of hydrogen-bond acceptors (Lipinski definition) is 2. The van der Waals surface area contributed by atoms with Crippen molar-refractivity contribution >= 4 is 27.5 Å². The van der Waals surface area contributed by atoms with E-state index in [1.165, 1.54) is 0 Å². The standard InChI is InChI=1S/C10H7BrClNO/c1-5-2-7-9(12)6(4-13)3-8(11)10(7)14-5/h3,5H,2H2,1H3. The van der Waals surface area contributed by atoms with Crippen molar-refractivity contribution in [2.45, 2.75) is 19.4 Å². The largest absolute Gasteiger partial charge is 0.489 e. The lowest BCUT2D eigenvalue weighted by Gasteiger charge is -2.05. The first kappa shape index (κ1) is 9.82. The minimum Gasteiger partial charge on any atom is -0.489 e. The van der Waals surface area contributed by atoms with E-state index in [0.717, 1.165) is 22.2 Å². The van der Waals surface area contributed by atoms with Crippen LogP contribution in [-0.4, -0.2) is 6.10 Å². The summed E-state index contributed by atoms with van der Waals surface area (Å²) >= 11 is 9.43. The zero-order valence-corrected chi connectivity index (χ0v) is 9.82. The maximum atomic E-state index is 8.84. The van der Waals surface area contributed by atoms with Gasteiger partial charge < -0.3 is 4.74 Å². The molecule has 2 rings (SSSR count). The van der Waals surface area contributed by atoms with Crippen molar-refractivity contribution in [1.82, 2.24) is 0 Å². The first-order valence-corrected chi connectivity index (χ1v) is 5.38. The second-order valence-electron chi connectivity index (χ2n) is 3.27. The average Bonchev–Trinajstić information content (AvgIpc) is 2.54. The fraction of sp³-hybridized carbons (Fsp3) is 0.300. The minimum atomic E-state index is 0.132. The van der Waals surface area contributed by atoms with E-state index in [1.807, 2.05) is 6.92 Å². The summed E-state index contributed by atoms with van der Waals surface area (Å²) in [4.78, 5) is 0. The van der Waals surface area contributed by atoms with Gasteiger partial charge in [-0.25, -0.2) is 0 Å². The van der Waals surface area contributed by atoms with Crippen molar-refractivity contribution in [2.24, 2.45) is 0 Å². The molecule has 0 radical (unpaired) electrons. The molecule has 4 heteroatoms. The SMILES string of the molecule is CC1Cc2c(Cl)c(C#N)cc(Br)c2O1. The molecule has 1 aromatic carbocycles. The second kappa shape index (κ2) is 3.45. The van der Waals surface area contributed by atoms with Gasteiger partial charge >= 0.3 is 0 Å². The molecule has 14 heavy (non-hydrogen) atoms. The maximum absolute atomic E-state index is 8.84. The molecule has 0 saturated carbocycles. The fourth-order valence-electron chi connectivity index (χ4n) is 1.58. The quantitative estimate of drug-likeness (QED) is 0.726. The van der Waals surface area contributed by atoms with Crippen molar-refractivity contribution in [3.8, 4) is 11.8 Å². The number of nitrogens with zero attached hydrogens (tertiary/aromatic N) is 1. The number of benzene rings is 1. The van der Waals surface area contributed by atoms with Gasteiger partial charge in [-0.15, -0.1) is 0 Å². The van der Waals surface area contributed by atoms with E-state index in [-0.39, 0.29) is 6.10 Å². The molecule has 2 nitrogen and oxygen atoms in total. The molecule has 0 bridgehead atoms. The second-order valence-corrected chi connectivity index (χ2v) is 4.50. The van der Waals surface area contributed by atoms with Gasteiger partial charge in [0, 0.05) is 12.0 Å².